The van der Waals surface area contributed by atoms with E-state index in [4.69, 9.17) is 5.73 Å². The molecule has 15 heavy (non-hydrogen) atoms. The van der Waals surface area contributed by atoms with E-state index in [1.165, 1.54) is 4.21 Å². The molecule has 0 bridgehead atoms. The van der Waals surface area contributed by atoms with Gasteiger partial charge in [-0.1, -0.05) is 12.1 Å². The molecular weight excluding hydrogens is 226 g/mol. The van der Waals surface area contributed by atoms with E-state index < -0.39 is 0 Å². The molecule has 2 nitrogen and oxygen atoms in total. The predicted octanol–water partition coefficient (Wildman–Crippen LogP) is 3.33. The van der Waals surface area contributed by atoms with Crippen LogP contribution in [0.3, 0.4) is 0 Å². The van der Waals surface area contributed by atoms with Crippen LogP contribution in [0.4, 0.5) is 5.69 Å². The predicted molar refractivity (Wildman–Crippen MR) is 66.4 cm³/mol. The molecule has 0 fully saturated rings. The van der Waals surface area contributed by atoms with Crippen LogP contribution in [0.5, 0.6) is 5.75 Å². The highest BCUT2D eigenvalue weighted by molar-refractivity contribution is 8.00. The van der Waals surface area contributed by atoms with E-state index >= 15 is 0 Å². The highest BCUT2D eigenvalue weighted by Crippen LogP contribution is 2.29. The van der Waals surface area contributed by atoms with Crippen LogP contribution in [0, 0.1) is 0 Å². The lowest BCUT2D eigenvalue weighted by Crippen LogP contribution is -1.88. The Kier molecular flexibility index (Phi) is 3.18. The van der Waals surface area contributed by atoms with Crippen LogP contribution in [-0.4, -0.2) is 5.11 Å². The third-order valence-electron chi connectivity index (χ3n) is 1.97. The number of aromatic hydroxyl groups is 1. The van der Waals surface area contributed by atoms with E-state index in [1.54, 1.807) is 29.2 Å². The molecule has 1 aromatic heterocycles. The number of anilines is 1. The number of rotatable bonds is 3. The second-order valence-corrected chi connectivity index (χ2v) is 5.34. The Morgan fingerprint density at radius 2 is 2.20 bits per heavy atom. The Morgan fingerprint density at radius 3 is 2.87 bits per heavy atom. The Labute approximate surface area is 96.8 Å². The van der Waals surface area contributed by atoms with Gasteiger partial charge in [-0.15, -0.1) is 23.1 Å². The summed E-state index contributed by atoms with van der Waals surface area (Å²) in [5.74, 6) is 1.03. The first-order chi connectivity index (χ1) is 7.25. The first kappa shape index (κ1) is 10.4. The van der Waals surface area contributed by atoms with Crippen molar-refractivity contribution in [1.82, 2.24) is 0 Å². The summed E-state index contributed by atoms with van der Waals surface area (Å²) in [4.78, 5) is 0. The first-order valence-electron chi connectivity index (χ1n) is 4.49. The number of hydrogen-bond acceptors (Lipinski definition) is 4. The van der Waals surface area contributed by atoms with Crippen LogP contribution >= 0.6 is 23.1 Å². The molecule has 0 saturated carbocycles. The fourth-order valence-electron chi connectivity index (χ4n) is 1.19. The number of nitrogens with two attached hydrogens (primary N) is 1. The molecule has 1 heterocycles. The molecule has 0 radical (unpaired) electrons. The zero-order valence-corrected chi connectivity index (χ0v) is 9.65. The zero-order chi connectivity index (χ0) is 10.7. The van der Waals surface area contributed by atoms with Gasteiger partial charge in [0.25, 0.3) is 0 Å². The van der Waals surface area contributed by atoms with Gasteiger partial charge in [-0.05, 0) is 29.1 Å². The summed E-state index contributed by atoms with van der Waals surface area (Å²) in [5.41, 5.74) is 7.19. The zero-order valence-electron chi connectivity index (χ0n) is 8.01. The Morgan fingerprint density at radius 1 is 1.33 bits per heavy atom. The van der Waals surface area contributed by atoms with Crippen LogP contribution in [0.2, 0.25) is 0 Å². The molecule has 0 aliphatic carbocycles. The molecule has 0 atom stereocenters. The lowest BCUT2D eigenvalue weighted by atomic mass is 10.2. The first-order valence-corrected chi connectivity index (χ1v) is 6.36. The van der Waals surface area contributed by atoms with Gasteiger partial charge in [0.05, 0.1) is 9.90 Å². The van der Waals surface area contributed by atoms with Crippen molar-refractivity contribution in [1.29, 1.82) is 0 Å². The smallest absolute Gasteiger partial charge is 0.138 e. The van der Waals surface area contributed by atoms with Crippen molar-refractivity contribution < 1.29 is 5.11 Å². The van der Waals surface area contributed by atoms with E-state index in [0.29, 0.717) is 5.69 Å². The number of phenols is 1. The van der Waals surface area contributed by atoms with Gasteiger partial charge in [0, 0.05) is 5.75 Å². The molecule has 0 saturated heterocycles. The summed E-state index contributed by atoms with van der Waals surface area (Å²) >= 11 is 3.51. The quantitative estimate of drug-likeness (QED) is 0.489. The highest BCUT2D eigenvalue weighted by atomic mass is 32.2. The van der Waals surface area contributed by atoms with Gasteiger partial charge >= 0.3 is 0 Å². The van der Waals surface area contributed by atoms with Gasteiger partial charge in [-0.2, -0.15) is 0 Å². The number of nitrogen functional groups attached to an aromatic ring is 1. The normalized spacial score (nSPS) is 10.4. The van der Waals surface area contributed by atoms with Crippen molar-refractivity contribution in [2.24, 2.45) is 0 Å². The van der Waals surface area contributed by atoms with Crippen LogP contribution in [0.25, 0.3) is 0 Å². The van der Waals surface area contributed by atoms with E-state index in [0.717, 1.165) is 11.3 Å². The maximum absolute atomic E-state index is 9.27. The number of phenolic OH excluding ortho intramolecular Hbond substituents is 1. The number of thioether (sulfide) groups is 1. The minimum absolute atomic E-state index is 0.153. The van der Waals surface area contributed by atoms with E-state index in [9.17, 15) is 5.11 Å². The second kappa shape index (κ2) is 4.59. The average molecular weight is 237 g/mol. The summed E-state index contributed by atoms with van der Waals surface area (Å²) in [6.45, 7) is 0. The summed E-state index contributed by atoms with van der Waals surface area (Å²) < 4.78 is 1.29. The van der Waals surface area contributed by atoms with E-state index in [-0.39, 0.29) is 5.75 Å². The molecule has 0 unspecified atom stereocenters. The van der Waals surface area contributed by atoms with Gasteiger partial charge in [-0.25, -0.2) is 0 Å². The second-order valence-electron chi connectivity index (χ2n) is 3.11. The minimum Gasteiger partial charge on any atom is -0.506 e. The molecule has 2 aromatic rings. The molecule has 2 rings (SSSR count). The summed E-state index contributed by atoms with van der Waals surface area (Å²) in [6.07, 6.45) is 0. The lowest BCUT2D eigenvalue weighted by molar-refractivity contribution is 0.478. The third-order valence-corrected chi connectivity index (χ3v) is 4.17. The molecule has 0 spiro atoms. The largest absolute Gasteiger partial charge is 0.506 e. The van der Waals surface area contributed by atoms with E-state index in [1.807, 2.05) is 18.2 Å². The van der Waals surface area contributed by atoms with Crippen molar-refractivity contribution in [2.75, 3.05) is 5.73 Å². The standard InChI is InChI=1S/C11H11NOS2/c12-9-6-8(3-4-10(9)13)7-15-11-2-1-5-14-11/h1-6,13H,7,12H2. The van der Waals surface area contributed by atoms with Gasteiger partial charge in [0.2, 0.25) is 0 Å². The van der Waals surface area contributed by atoms with E-state index in [2.05, 4.69) is 11.4 Å². The van der Waals surface area contributed by atoms with Gasteiger partial charge < -0.3 is 10.8 Å². The lowest BCUT2D eigenvalue weighted by Gasteiger charge is -2.03. The van der Waals surface area contributed by atoms with Gasteiger partial charge in [0.15, 0.2) is 0 Å². The molecule has 1 aromatic carbocycles. The minimum atomic E-state index is 0.153. The van der Waals surface area contributed by atoms with Crippen molar-refractivity contribution in [3.05, 3.63) is 41.3 Å². The average Bonchev–Trinajstić information content (AvgIpc) is 2.73. The number of thiophene rings is 1. The highest BCUT2D eigenvalue weighted by Gasteiger charge is 2.00. The van der Waals surface area contributed by atoms with Crippen LogP contribution in [-0.2, 0) is 5.75 Å². The fourth-order valence-corrected chi connectivity index (χ4v) is 2.92. The number of benzene rings is 1. The Bertz CT molecular complexity index is 440. The van der Waals surface area contributed by atoms with Crippen LogP contribution in [0.1, 0.15) is 5.56 Å². The van der Waals surface area contributed by atoms with Crippen LogP contribution in [0.15, 0.2) is 39.9 Å². The summed E-state index contributed by atoms with van der Waals surface area (Å²) in [7, 11) is 0. The molecule has 4 heteroatoms. The van der Waals surface area contributed by atoms with Crippen molar-refractivity contribution >= 4 is 28.8 Å². The molecule has 0 aliphatic rings. The van der Waals surface area contributed by atoms with Gasteiger partial charge in [0.1, 0.15) is 5.75 Å². The molecule has 0 amide bonds. The summed E-state index contributed by atoms with van der Waals surface area (Å²) in [5, 5.41) is 11.3. The third kappa shape index (κ3) is 2.67. The molecule has 3 N–H and O–H groups in total. The summed E-state index contributed by atoms with van der Waals surface area (Å²) in [6, 6.07) is 9.49. The Hall–Kier alpha value is -1.13. The van der Waals surface area contributed by atoms with Crippen molar-refractivity contribution in [3.63, 3.8) is 0 Å². The molecule has 0 aliphatic heterocycles. The Balaban J connectivity index is 2.02. The molecular formula is C11H11NOS2. The number of hydrogen-bond donors (Lipinski definition) is 2. The topological polar surface area (TPSA) is 46.2 Å². The maximum Gasteiger partial charge on any atom is 0.138 e. The fraction of sp³-hybridized carbons (Fsp3) is 0.0909. The maximum atomic E-state index is 9.27. The molecule has 78 valence electrons. The van der Waals surface area contributed by atoms with Crippen molar-refractivity contribution in [3.8, 4) is 5.75 Å². The SMILES string of the molecule is Nc1cc(CSc2cccs2)ccc1O. The van der Waals surface area contributed by atoms with Crippen LogP contribution < -0.4 is 5.73 Å². The van der Waals surface area contributed by atoms with Crippen molar-refractivity contribution in [2.45, 2.75) is 9.96 Å². The monoisotopic (exact) mass is 237 g/mol. The van der Waals surface area contributed by atoms with Gasteiger partial charge in [-0.3, -0.25) is 0 Å².